The molecule has 0 bridgehead atoms. The van der Waals surface area contributed by atoms with Crippen molar-refractivity contribution in [3.8, 4) is 5.69 Å². The van der Waals surface area contributed by atoms with Crippen LogP contribution < -0.4 is 5.73 Å². The fourth-order valence-corrected chi connectivity index (χ4v) is 1.96. The summed E-state index contributed by atoms with van der Waals surface area (Å²) in [5.41, 5.74) is 8.17. The predicted octanol–water partition coefficient (Wildman–Crippen LogP) is 3.25. The number of hydrogen-bond donors (Lipinski definition) is 1. The summed E-state index contributed by atoms with van der Waals surface area (Å²) >= 11 is 5.80. The number of nitrogens with two attached hydrogens (primary N) is 1. The zero-order chi connectivity index (χ0) is 13.3. The molecule has 0 atom stereocenters. The van der Waals surface area contributed by atoms with E-state index in [0.717, 1.165) is 17.1 Å². The van der Waals surface area contributed by atoms with Crippen LogP contribution in [0.4, 0.5) is 4.39 Å². The first-order valence-electron chi connectivity index (χ1n) is 5.77. The summed E-state index contributed by atoms with van der Waals surface area (Å²) in [5, 5.41) is 4.49. The van der Waals surface area contributed by atoms with E-state index in [2.05, 4.69) is 18.9 Å². The summed E-state index contributed by atoms with van der Waals surface area (Å²) in [6, 6.07) is 6.52. The number of aromatic nitrogens is 2. The van der Waals surface area contributed by atoms with Crippen LogP contribution in [0, 0.1) is 5.82 Å². The van der Waals surface area contributed by atoms with Gasteiger partial charge in [-0.3, -0.25) is 0 Å². The highest BCUT2D eigenvalue weighted by Gasteiger charge is 2.13. The SMILES string of the molecule is CC(C)c1cc(CN)nn1-c1ccc(F)c(Cl)c1. The van der Waals surface area contributed by atoms with Crippen molar-refractivity contribution >= 4 is 11.6 Å². The molecule has 0 saturated carbocycles. The molecule has 0 fully saturated rings. The third-order valence-electron chi connectivity index (χ3n) is 2.74. The van der Waals surface area contributed by atoms with Gasteiger partial charge in [0.25, 0.3) is 0 Å². The summed E-state index contributed by atoms with van der Waals surface area (Å²) in [6.45, 7) is 4.51. The van der Waals surface area contributed by atoms with E-state index in [1.54, 1.807) is 16.8 Å². The molecule has 3 nitrogen and oxygen atoms in total. The number of rotatable bonds is 3. The predicted molar refractivity (Wildman–Crippen MR) is 70.5 cm³/mol. The van der Waals surface area contributed by atoms with E-state index in [-0.39, 0.29) is 5.02 Å². The van der Waals surface area contributed by atoms with Gasteiger partial charge in [0, 0.05) is 12.2 Å². The maximum absolute atomic E-state index is 13.2. The molecule has 0 unspecified atom stereocenters. The largest absolute Gasteiger partial charge is 0.325 e. The molecule has 5 heteroatoms. The molecule has 0 aliphatic heterocycles. The lowest BCUT2D eigenvalue weighted by atomic mass is 10.1. The first kappa shape index (κ1) is 13.1. The summed E-state index contributed by atoms with van der Waals surface area (Å²) in [4.78, 5) is 0. The number of hydrogen-bond acceptors (Lipinski definition) is 2. The molecule has 1 aromatic carbocycles. The zero-order valence-corrected chi connectivity index (χ0v) is 11.1. The van der Waals surface area contributed by atoms with E-state index in [4.69, 9.17) is 17.3 Å². The van der Waals surface area contributed by atoms with Crippen LogP contribution in [0.2, 0.25) is 5.02 Å². The first-order valence-corrected chi connectivity index (χ1v) is 6.15. The quantitative estimate of drug-likeness (QED) is 0.928. The minimum Gasteiger partial charge on any atom is -0.325 e. The van der Waals surface area contributed by atoms with Gasteiger partial charge in [-0.1, -0.05) is 25.4 Å². The van der Waals surface area contributed by atoms with Crippen LogP contribution in [0.25, 0.3) is 5.69 Å². The zero-order valence-electron chi connectivity index (χ0n) is 10.3. The fourth-order valence-electron chi connectivity index (χ4n) is 1.78. The molecule has 0 amide bonds. The van der Waals surface area contributed by atoms with Crippen molar-refractivity contribution in [1.29, 1.82) is 0 Å². The molecule has 1 aromatic heterocycles. The second-order valence-electron chi connectivity index (χ2n) is 4.43. The maximum Gasteiger partial charge on any atom is 0.141 e. The van der Waals surface area contributed by atoms with E-state index in [1.165, 1.54) is 6.07 Å². The van der Waals surface area contributed by atoms with Gasteiger partial charge in [0.05, 0.1) is 16.4 Å². The molecule has 0 spiro atoms. The Kier molecular flexibility index (Phi) is 3.68. The van der Waals surface area contributed by atoms with Crippen LogP contribution in [-0.2, 0) is 6.54 Å². The van der Waals surface area contributed by atoms with Gasteiger partial charge in [-0.25, -0.2) is 9.07 Å². The molecule has 18 heavy (non-hydrogen) atoms. The van der Waals surface area contributed by atoms with Crippen molar-refractivity contribution in [2.24, 2.45) is 5.73 Å². The molecule has 1 heterocycles. The maximum atomic E-state index is 13.2. The molecular weight excluding hydrogens is 253 g/mol. The van der Waals surface area contributed by atoms with Crippen LogP contribution in [0.5, 0.6) is 0 Å². The highest BCUT2D eigenvalue weighted by atomic mass is 35.5. The van der Waals surface area contributed by atoms with Gasteiger partial charge >= 0.3 is 0 Å². The highest BCUT2D eigenvalue weighted by molar-refractivity contribution is 6.30. The lowest BCUT2D eigenvalue weighted by molar-refractivity contribution is 0.626. The van der Waals surface area contributed by atoms with E-state index in [9.17, 15) is 4.39 Å². The van der Waals surface area contributed by atoms with Crippen molar-refractivity contribution in [1.82, 2.24) is 9.78 Å². The summed E-state index contributed by atoms with van der Waals surface area (Å²) in [5.74, 6) is -0.139. The number of halogens is 2. The van der Waals surface area contributed by atoms with Gasteiger partial charge in [0.1, 0.15) is 5.82 Å². The van der Waals surface area contributed by atoms with Gasteiger partial charge in [0.15, 0.2) is 0 Å². The van der Waals surface area contributed by atoms with Crippen LogP contribution in [0.15, 0.2) is 24.3 Å². The van der Waals surface area contributed by atoms with Crippen LogP contribution >= 0.6 is 11.6 Å². The Bertz CT molecular complexity index is 563. The Morgan fingerprint density at radius 3 is 2.67 bits per heavy atom. The van der Waals surface area contributed by atoms with Crippen LogP contribution in [-0.4, -0.2) is 9.78 Å². The molecule has 0 aliphatic rings. The van der Waals surface area contributed by atoms with Crippen LogP contribution in [0.3, 0.4) is 0 Å². The lowest BCUT2D eigenvalue weighted by Gasteiger charge is -2.10. The van der Waals surface area contributed by atoms with Crippen molar-refractivity contribution < 1.29 is 4.39 Å². The summed E-state index contributed by atoms with van der Waals surface area (Å²) < 4.78 is 14.9. The number of nitrogens with zero attached hydrogens (tertiary/aromatic N) is 2. The van der Waals surface area contributed by atoms with Crippen molar-refractivity contribution in [2.45, 2.75) is 26.3 Å². The average molecular weight is 268 g/mol. The van der Waals surface area contributed by atoms with Crippen molar-refractivity contribution in [3.63, 3.8) is 0 Å². The Morgan fingerprint density at radius 2 is 2.11 bits per heavy atom. The molecule has 96 valence electrons. The minimum absolute atomic E-state index is 0.0898. The number of benzene rings is 1. The molecular formula is C13H15ClFN3. The fraction of sp³-hybridized carbons (Fsp3) is 0.308. The molecule has 2 N–H and O–H groups in total. The topological polar surface area (TPSA) is 43.8 Å². The summed E-state index contributed by atoms with van der Waals surface area (Å²) in [6.07, 6.45) is 0. The third kappa shape index (κ3) is 2.40. The second kappa shape index (κ2) is 5.08. The van der Waals surface area contributed by atoms with Crippen molar-refractivity contribution in [2.75, 3.05) is 0 Å². The molecule has 0 aliphatic carbocycles. The normalized spacial score (nSPS) is 11.2. The summed E-state index contributed by atoms with van der Waals surface area (Å²) in [7, 11) is 0. The van der Waals surface area contributed by atoms with E-state index in [0.29, 0.717) is 12.5 Å². The van der Waals surface area contributed by atoms with Gasteiger partial charge in [-0.05, 0) is 30.2 Å². The third-order valence-corrected chi connectivity index (χ3v) is 3.03. The van der Waals surface area contributed by atoms with Gasteiger partial charge in [0.2, 0.25) is 0 Å². The van der Waals surface area contributed by atoms with E-state index >= 15 is 0 Å². The monoisotopic (exact) mass is 267 g/mol. The van der Waals surface area contributed by atoms with Crippen LogP contribution in [0.1, 0.15) is 31.2 Å². The average Bonchev–Trinajstić information content (AvgIpc) is 2.77. The molecule has 2 rings (SSSR count). The minimum atomic E-state index is -0.433. The molecule has 2 aromatic rings. The highest BCUT2D eigenvalue weighted by Crippen LogP contribution is 2.23. The van der Waals surface area contributed by atoms with E-state index in [1.807, 2.05) is 6.07 Å². The Hall–Kier alpha value is -1.39. The molecule has 0 radical (unpaired) electrons. The van der Waals surface area contributed by atoms with Gasteiger partial charge in [-0.15, -0.1) is 0 Å². The van der Waals surface area contributed by atoms with Gasteiger partial charge < -0.3 is 5.73 Å². The lowest BCUT2D eigenvalue weighted by Crippen LogP contribution is -2.04. The standard InChI is InChI=1S/C13H15ClFN3/c1-8(2)13-5-9(7-16)17-18(13)10-3-4-12(15)11(14)6-10/h3-6,8H,7,16H2,1-2H3. The second-order valence-corrected chi connectivity index (χ2v) is 4.84. The first-order chi connectivity index (χ1) is 8.52. The Labute approximate surface area is 110 Å². The Morgan fingerprint density at radius 1 is 1.39 bits per heavy atom. The van der Waals surface area contributed by atoms with Gasteiger partial charge in [-0.2, -0.15) is 5.10 Å². The smallest absolute Gasteiger partial charge is 0.141 e. The van der Waals surface area contributed by atoms with Crippen molar-refractivity contribution in [3.05, 3.63) is 46.5 Å². The Balaban J connectivity index is 2.54. The molecule has 0 saturated heterocycles. The van der Waals surface area contributed by atoms with E-state index < -0.39 is 5.82 Å².